The molecule has 0 aromatic heterocycles. The van der Waals surface area contributed by atoms with E-state index in [-0.39, 0.29) is 0 Å². The zero-order valence-electron chi connectivity index (χ0n) is 15.1. The first-order valence-corrected chi connectivity index (χ1v) is 9.45. The van der Waals surface area contributed by atoms with Crippen molar-refractivity contribution in [3.8, 4) is 11.5 Å². The first kappa shape index (κ1) is 17.8. The largest absolute Gasteiger partial charge is 0.507 e. The second-order valence-electron chi connectivity index (χ2n) is 7.04. The van der Waals surface area contributed by atoms with Crippen molar-refractivity contribution in [3.05, 3.63) is 59.2 Å². The third-order valence-corrected chi connectivity index (χ3v) is 5.04. The van der Waals surface area contributed by atoms with Crippen molar-refractivity contribution in [2.24, 2.45) is 0 Å². The zero-order chi connectivity index (χ0) is 17.5. The molecule has 25 heavy (non-hydrogen) atoms. The van der Waals surface area contributed by atoms with Crippen molar-refractivity contribution in [2.75, 3.05) is 13.2 Å². The number of hydrogen-bond donors (Lipinski definition) is 2. The van der Waals surface area contributed by atoms with Gasteiger partial charge in [-0.1, -0.05) is 43.2 Å². The summed E-state index contributed by atoms with van der Waals surface area (Å²) in [6, 6.07) is 14.7. The second-order valence-corrected chi connectivity index (χ2v) is 7.04. The molecule has 2 aromatic carbocycles. The number of aromatic hydroxyl groups is 1. The molecule has 3 rings (SSSR count). The average molecular weight is 339 g/mol. The maximum Gasteiger partial charge on any atom is 0.122 e. The molecular weight excluding hydrogens is 310 g/mol. The van der Waals surface area contributed by atoms with Gasteiger partial charge >= 0.3 is 0 Å². The van der Waals surface area contributed by atoms with Gasteiger partial charge in [-0.15, -0.1) is 0 Å². The molecule has 0 aliphatic carbocycles. The minimum Gasteiger partial charge on any atom is -0.507 e. The van der Waals surface area contributed by atoms with E-state index in [1.807, 2.05) is 37.3 Å². The van der Waals surface area contributed by atoms with Crippen LogP contribution in [0.1, 0.15) is 48.8 Å². The minimum absolute atomic E-state index is 0.402. The first-order valence-electron chi connectivity index (χ1n) is 9.45. The molecule has 134 valence electrons. The normalized spacial score (nSPS) is 17.9. The van der Waals surface area contributed by atoms with E-state index in [4.69, 9.17) is 4.74 Å². The molecule has 1 fully saturated rings. The summed E-state index contributed by atoms with van der Waals surface area (Å²) in [6.45, 7) is 3.83. The maximum atomic E-state index is 10.1. The molecule has 3 heteroatoms. The minimum atomic E-state index is 0.402. The van der Waals surface area contributed by atoms with Crippen LogP contribution < -0.4 is 10.1 Å². The number of phenolic OH excluding ortho intramolecular Hbond substituents is 1. The molecule has 2 aromatic rings. The molecule has 0 amide bonds. The molecule has 3 nitrogen and oxygen atoms in total. The molecule has 1 unspecified atom stereocenters. The van der Waals surface area contributed by atoms with Crippen LogP contribution in [0.25, 0.3) is 0 Å². The Bertz CT molecular complexity index is 658. The molecule has 1 aliphatic rings. The number of rotatable bonds is 6. The third-order valence-electron chi connectivity index (χ3n) is 5.04. The number of aryl methyl sites for hydroxylation is 1. The van der Waals surface area contributed by atoms with Crippen molar-refractivity contribution in [2.45, 2.75) is 51.5 Å². The number of benzene rings is 2. The number of para-hydroxylation sites is 1. The smallest absolute Gasteiger partial charge is 0.122 e. The van der Waals surface area contributed by atoms with Crippen molar-refractivity contribution >= 4 is 0 Å². The summed E-state index contributed by atoms with van der Waals surface area (Å²) in [7, 11) is 0. The molecule has 0 spiro atoms. The van der Waals surface area contributed by atoms with Crippen molar-refractivity contribution in [1.82, 2.24) is 5.32 Å². The monoisotopic (exact) mass is 339 g/mol. The van der Waals surface area contributed by atoms with Crippen LogP contribution in [0.4, 0.5) is 0 Å². The lowest BCUT2D eigenvalue weighted by atomic mass is 10.0. The van der Waals surface area contributed by atoms with Crippen LogP contribution in [0.3, 0.4) is 0 Å². The van der Waals surface area contributed by atoms with Crippen molar-refractivity contribution in [3.63, 3.8) is 0 Å². The van der Waals surface area contributed by atoms with Gasteiger partial charge in [0.25, 0.3) is 0 Å². The quantitative estimate of drug-likeness (QED) is 0.808. The topological polar surface area (TPSA) is 41.5 Å². The summed E-state index contributed by atoms with van der Waals surface area (Å²) in [5.74, 6) is 1.32. The van der Waals surface area contributed by atoms with E-state index < -0.39 is 0 Å². The highest BCUT2D eigenvalue weighted by molar-refractivity contribution is 5.42. The van der Waals surface area contributed by atoms with Crippen molar-refractivity contribution in [1.29, 1.82) is 0 Å². The summed E-state index contributed by atoms with van der Waals surface area (Å²) in [5.41, 5.74) is 3.07. The van der Waals surface area contributed by atoms with E-state index in [1.165, 1.54) is 31.2 Å². The molecule has 0 radical (unpaired) electrons. The van der Waals surface area contributed by atoms with Gasteiger partial charge in [-0.2, -0.15) is 0 Å². The van der Waals surface area contributed by atoms with Gasteiger partial charge in [-0.05, 0) is 61.6 Å². The Morgan fingerprint density at radius 3 is 2.76 bits per heavy atom. The molecule has 1 aliphatic heterocycles. The fourth-order valence-corrected chi connectivity index (χ4v) is 3.45. The molecule has 1 atom stereocenters. The van der Waals surface area contributed by atoms with Crippen LogP contribution in [0.15, 0.2) is 42.5 Å². The SMILES string of the molecule is Cc1cccc(Cc2ccc(OCCC3CCCCCN3)cc2)c1O. The van der Waals surface area contributed by atoms with Gasteiger partial charge in [0.05, 0.1) is 6.61 Å². The first-order chi connectivity index (χ1) is 12.2. The zero-order valence-corrected chi connectivity index (χ0v) is 15.1. The predicted molar refractivity (Wildman–Crippen MR) is 102 cm³/mol. The Hall–Kier alpha value is -2.00. The summed E-state index contributed by atoms with van der Waals surface area (Å²) >= 11 is 0. The Balaban J connectivity index is 1.49. The Labute approximate surface area is 151 Å². The van der Waals surface area contributed by atoms with Gasteiger partial charge in [0.1, 0.15) is 11.5 Å². The van der Waals surface area contributed by atoms with Crippen LogP contribution in [-0.2, 0) is 6.42 Å². The summed E-state index contributed by atoms with van der Waals surface area (Å²) < 4.78 is 5.91. The summed E-state index contributed by atoms with van der Waals surface area (Å²) in [5, 5.41) is 13.8. The summed E-state index contributed by atoms with van der Waals surface area (Å²) in [6.07, 6.45) is 7.05. The second kappa shape index (κ2) is 8.91. The van der Waals surface area contributed by atoms with Gasteiger partial charge in [-0.3, -0.25) is 0 Å². The standard InChI is InChI=1S/C22H29NO2/c1-17-6-5-7-19(22(17)24)16-18-9-11-21(12-10-18)25-15-13-20-8-3-2-4-14-23-20/h5-7,9-12,20,23-24H,2-4,8,13-16H2,1H3. The number of hydrogen-bond acceptors (Lipinski definition) is 3. The van der Waals surface area contributed by atoms with Gasteiger partial charge in [0.15, 0.2) is 0 Å². The molecule has 2 N–H and O–H groups in total. The summed E-state index contributed by atoms with van der Waals surface area (Å²) in [4.78, 5) is 0. The predicted octanol–water partition coefficient (Wildman–Crippen LogP) is 4.59. The third kappa shape index (κ3) is 5.23. The van der Waals surface area contributed by atoms with E-state index in [1.54, 1.807) is 0 Å². The van der Waals surface area contributed by atoms with Crippen LogP contribution in [0.5, 0.6) is 11.5 Å². The number of phenols is 1. The molecule has 1 saturated heterocycles. The molecular formula is C22H29NO2. The van der Waals surface area contributed by atoms with E-state index in [2.05, 4.69) is 17.4 Å². The van der Waals surface area contributed by atoms with Crippen LogP contribution in [-0.4, -0.2) is 24.3 Å². The van der Waals surface area contributed by atoms with Gasteiger partial charge < -0.3 is 15.2 Å². The van der Waals surface area contributed by atoms with Crippen LogP contribution in [0.2, 0.25) is 0 Å². The van der Waals surface area contributed by atoms with Gasteiger partial charge in [0.2, 0.25) is 0 Å². The Morgan fingerprint density at radius 1 is 1.08 bits per heavy atom. The van der Waals surface area contributed by atoms with Gasteiger partial charge in [0, 0.05) is 12.5 Å². The Kier molecular flexibility index (Phi) is 6.35. The van der Waals surface area contributed by atoms with E-state index in [9.17, 15) is 5.11 Å². The van der Waals surface area contributed by atoms with E-state index in [0.29, 0.717) is 11.8 Å². The maximum absolute atomic E-state index is 10.1. The lowest BCUT2D eigenvalue weighted by Gasteiger charge is -2.16. The molecule has 0 bridgehead atoms. The fourth-order valence-electron chi connectivity index (χ4n) is 3.45. The van der Waals surface area contributed by atoms with E-state index in [0.717, 1.165) is 42.9 Å². The number of ether oxygens (including phenoxy) is 1. The highest BCUT2D eigenvalue weighted by Crippen LogP contribution is 2.25. The lowest BCUT2D eigenvalue weighted by Crippen LogP contribution is -2.29. The number of nitrogens with one attached hydrogen (secondary N) is 1. The Morgan fingerprint density at radius 2 is 1.92 bits per heavy atom. The fraction of sp³-hybridized carbons (Fsp3) is 0.455. The van der Waals surface area contributed by atoms with Crippen molar-refractivity contribution < 1.29 is 9.84 Å². The van der Waals surface area contributed by atoms with E-state index >= 15 is 0 Å². The highest BCUT2D eigenvalue weighted by atomic mass is 16.5. The van der Waals surface area contributed by atoms with Crippen LogP contribution in [0, 0.1) is 6.92 Å². The molecule has 0 saturated carbocycles. The van der Waals surface area contributed by atoms with Crippen LogP contribution >= 0.6 is 0 Å². The average Bonchev–Trinajstić information content (AvgIpc) is 2.89. The van der Waals surface area contributed by atoms with Gasteiger partial charge in [-0.25, -0.2) is 0 Å². The highest BCUT2D eigenvalue weighted by Gasteiger charge is 2.11. The molecule has 1 heterocycles. The lowest BCUT2D eigenvalue weighted by molar-refractivity contribution is 0.283.